The zero-order chi connectivity index (χ0) is 22.8. The minimum Gasteiger partial charge on any atom is -0.466 e. The summed E-state index contributed by atoms with van der Waals surface area (Å²) in [5.41, 5.74) is 4.75. The first-order valence-electron chi connectivity index (χ1n) is 10.5. The molecule has 4 rings (SSSR count). The number of aryl methyl sites for hydroxylation is 4. The Hall–Kier alpha value is -3.07. The molecule has 0 spiro atoms. The van der Waals surface area contributed by atoms with Crippen molar-refractivity contribution in [3.8, 4) is 5.88 Å². The molecule has 168 valence electrons. The van der Waals surface area contributed by atoms with Gasteiger partial charge >= 0.3 is 0 Å². The van der Waals surface area contributed by atoms with Gasteiger partial charge in [-0.05, 0) is 56.2 Å². The van der Waals surface area contributed by atoms with E-state index in [9.17, 15) is 9.59 Å². The molecule has 1 aromatic carbocycles. The molecule has 1 aliphatic rings. The van der Waals surface area contributed by atoms with E-state index in [2.05, 4.69) is 15.4 Å². The fourth-order valence-corrected chi connectivity index (χ4v) is 4.76. The number of thioether (sulfide) groups is 1. The predicted molar refractivity (Wildman–Crippen MR) is 127 cm³/mol. The molecular formula is C23H27N5O3S. The number of hydrogen-bond acceptors (Lipinski definition) is 6. The number of amides is 2. The molecule has 0 unspecified atom stereocenters. The van der Waals surface area contributed by atoms with Gasteiger partial charge in [0.2, 0.25) is 5.88 Å². The first-order valence-corrected chi connectivity index (χ1v) is 11.7. The summed E-state index contributed by atoms with van der Waals surface area (Å²) in [7, 11) is 1.80. The lowest BCUT2D eigenvalue weighted by molar-refractivity contribution is -0.118. The Balaban J connectivity index is 1.41. The molecule has 0 saturated carbocycles. The van der Waals surface area contributed by atoms with Gasteiger partial charge in [-0.25, -0.2) is 9.67 Å². The molecule has 8 nitrogen and oxygen atoms in total. The van der Waals surface area contributed by atoms with E-state index < -0.39 is 0 Å². The van der Waals surface area contributed by atoms with Crippen LogP contribution in [0.5, 0.6) is 5.88 Å². The van der Waals surface area contributed by atoms with Crippen molar-refractivity contribution in [2.75, 3.05) is 36.5 Å². The summed E-state index contributed by atoms with van der Waals surface area (Å²) in [5, 5.41) is 8.04. The Morgan fingerprint density at radius 2 is 1.88 bits per heavy atom. The van der Waals surface area contributed by atoms with Crippen LogP contribution in [0, 0.1) is 20.8 Å². The van der Waals surface area contributed by atoms with Gasteiger partial charge in [0.1, 0.15) is 0 Å². The van der Waals surface area contributed by atoms with Crippen LogP contribution >= 0.6 is 11.8 Å². The number of pyridine rings is 1. The number of rotatable bonds is 5. The first kappa shape index (κ1) is 22.1. The van der Waals surface area contributed by atoms with E-state index in [0.717, 1.165) is 52.4 Å². The standard InChI is InChI=1S/C23H27N5O3S/c1-14-12-17(23(30)28-7-9-32-10-8-28)5-6-18(14)25-19(29)13-31-22-20-15(2)11-16(3)24-21(20)27(4)26-22/h5-6,11-12H,7-10,13H2,1-4H3,(H,25,29). The molecule has 32 heavy (non-hydrogen) atoms. The lowest BCUT2D eigenvalue weighted by Gasteiger charge is -2.26. The number of benzene rings is 1. The van der Waals surface area contributed by atoms with Crippen LogP contribution in [0.4, 0.5) is 5.69 Å². The zero-order valence-electron chi connectivity index (χ0n) is 18.8. The highest BCUT2D eigenvalue weighted by atomic mass is 32.2. The molecule has 0 bridgehead atoms. The number of hydrogen-bond donors (Lipinski definition) is 1. The topological polar surface area (TPSA) is 89.4 Å². The van der Waals surface area contributed by atoms with Crippen LogP contribution in [0.3, 0.4) is 0 Å². The van der Waals surface area contributed by atoms with Crippen LogP contribution in [0.15, 0.2) is 24.3 Å². The Morgan fingerprint density at radius 1 is 1.12 bits per heavy atom. The fraction of sp³-hybridized carbons (Fsp3) is 0.391. The van der Waals surface area contributed by atoms with Crippen LogP contribution in [0.1, 0.15) is 27.2 Å². The molecule has 0 atom stereocenters. The highest BCUT2D eigenvalue weighted by Gasteiger charge is 2.20. The van der Waals surface area contributed by atoms with Crippen LogP contribution in [0.25, 0.3) is 11.0 Å². The van der Waals surface area contributed by atoms with Gasteiger partial charge in [-0.1, -0.05) is 0 Å². The lowest BCUT2D eigenvalue weighted by Crippen LogP contribution is -2.37. The molecule has 2 aromatic heterocycles. The second-order valence-corrected chi connectivity index (χ2v) is 9.20. The van der Waals surface area contributed by atoms with Crippen molar-refractivity contribution in [3.05, 3.63) is 46.6 Å². The maximum atomic E-state index is 12.7. The average Bonchev–Trinajstić information content (AvgIpc) is 3.09. The summed E-state index contributed by atoms with van der Waals surface area (Å²) >= 11 is 1.87. The highest BCUT2D eigenvalue weighted by Crippen LogP contribution is 2.27. The van der Waals surface area contributed by atoms with Crippen LogP contribution in [0.2, 0.25) is 0 Å². The van der Waals surface area contributed by atoms with Gasteiger partial charge in [-0.3, -0.25) is 9.59 Å². The van der Waals surface area contributed by atoms with Crippen LogP contribution in [-0.4, -0.2) is 62.7 Å². The maximum Gasteiger partial charge on any atom is 0.262 e. The SMILES string of the molecule is Cc1cc(C)c2c(OCC(=O)Nc3ccc(C(=O)N4CCSCC4)cc3C)nn(C)c2n1. The molecule has 2 amide bonds. The number of fused-ring (bicyclic) bond motifs is 1. The summed E-state index contributed by atoms with van der Waals surface area (Å²) in [6.07, 6.45) is 0. The molecule has 3 heterocycles. The van der Waals surface area contributed by atoms with E-state index in [1.165, 1.54) is 0 Å². The number of nitrogens with zero attached hydrogens (tertiary/aromatic N) is 4. The van der Waals surface area contributed by atoms with E-state index in [1.54, 1.807) is 23.9 Å². The van der Waals surface area contributed by atoms with Gasteiger partial charge in [0.05, 0.1) is 5.39 Å². The monoisotopic (exact) mass is 453 g/mol. The second-order valence-electron chi connectivity index (χ2n) is 7.98. The first-order chi connectivity index (χ1) is 15.3. The Kier molecular flexibility index (Phi) is 6.36. The predicted octanol–water partition coefficient (Wildman–Crippen LogP) is 3.10. The van der Waals surface area contributed by atoms with E-state index in [4.69, 9.17) is 4.74 Å². The van der Waals surface area contributed by atoms with Gasteiger partial charge < -0.3 is 15.0 Å². The Bertz CT molecular complexity index is 1180. The molecule has 1 saturated heterocycles. The van der Waals surface area contributed by atoms with E-state index >= 15 is 0 Å². The highest BCUT2D eigenvalue weighted by molar-refractivity contribution is 7.99. The van der Waals surface area contributed by atoms with Crippen molar-refractivity contribution >= 4 is 40.3 Å². The minimum atomic E-state index is -0.295. The second kappa shape index (κ2) is 9.20. The molecule has 0 radical (unpaired) electrons. The molecule has 1 fully saturated rings. The van der Waals surface area contributed by atoms with E-state index in [1.807, 2.05) is 49.6 Å². The average molecular weight is 454 g/mol. The van der Waals surface area contributed by atoms with Gasteiger partial charge in [-0.2, -0.15) is 11.8 Å². The third-order valence-electron chi connectivity index (χ3n) is 5.47. The van der Waals surface area contributed by atoms with Crippen LogP contribution < -0.4 is 10.1 Å². The Morgan fingerprint density at radius 3 is 2.59 bits per heavy atom. The normalized spacial score (nSPS) is 13.9. The van der Waals surface area contributed by atoms with Crippen molar-refractivity contribution in [3.63, 3.8) is 0 Å². The number of carbonyl (C=O) groups excluding carboxylic acids is 2. The molecule has 0 aliphatic carbocycles. The molecule has 1 aliphatic heterocycles. The van der Waals surface area contributed by atoms with Gasteiger partial charge in [0.15, 0.2) is 12.3 Å². The number of carbonyl (C=O) groups is 2. The summed E-state index contributed by atoms with van der Waals surface area (Å²) in [6, 6.07) is 7.32. The third kappa shape index (κ3) is 4.57. The van der Waals surface area contributed by atoms with Gasteiger partial charge in [0, 0.05) is 48.6 Å². The Labute approximate surface area is 191 Å². The number of aromatic nitrogens is 3. The van der Waals surface area contributed by atoms with Crippen molar-refractivity contribution in [2.24, 2.45) is 7.05 Å². The summed E-state index contributed by atoms with van der Waals surface area (Å²) in [5.74, 6) is 2.08. The van der Waals surface area contributed by atoms with Gasteiger partial charge in [-0.15, -0.1) is 5.10 Å². The maximum absolute atomic E-state index is 12.7. The largest absolute Gasteiger partial charge is 0.466 e. The quantitative estimate of drug-likeness (QED) is 0.639. The summed E-state index contributed by atoms with van der Waals surface area (Å²) in [4.78, 5) is 31.6. The molecule has 3 aromatic rings. The molecular weight excluding hydrogens is 426 g/mol. The number of ether oxygens (including phenoxy) is 1. The number of nitrogens with one attached hydrogen (secondary N) is 1. The van der Waals surface area contributed by atoms with Crippen molar-refractivity contribution in [1.82, 2.24) is 19.7 Å². The summed E-state index contributed by atoms with van der Waals surface area (Å²) < 4.78 is 7.39. The van der Waals surface area contributed by atoms with Crippen LogP contribution in [-0.2, 0) is 11.8 Å². The third-order valence-corrected chi connectivity index (χ3v) is 6.42. The smallest absolute Gasteiger partial charge is 0.262 e. The fourth-order valence-electron chi connectivity index (χ4n) is 3.86. The molecule has 9 heteroatoms. The zero-order valence-corrected chi connectivity index (χ0v) is 19.6. The lowest BCUT2D eigenvalue weighted by atomic mass is 10.1. The minimum absolute atomic E-state index is 0.0378. The van der Waals surface area contributed by atoms with Crippen molar-refractivity contribution in [2.45, 2.75) is 20.8 Å². The van der Waals surface area contributed by atoms with Crippen molar-refractivity contribution < 1.29 is 14.3 Å². The molecule has 1 N–H and O–H groups in total. The number of anilines is 1. The van der Waals surface area contributed by atoms with E-state index in [0.29, 0.717) is 17.1 Å². The summed E-state index contributed by atoms with van der Waals surface area (Å²) in [6.45, 7) is 7.15. The van der Waals surface area contributed by atoms with E-state index in [-0.39, 0.29) is 18.4 Å². The van der Waals surface area contributed by atoms with Crippen molar-refractivity contribution in [1.29, 1.82) is 0 Å². The van der Waals surface area contributed by atoms with Gasteiger partial charge in [0.25, 0.3) is 11.8 Å².